The number of hydrogen-bond acceptors (Lipinski definition) is 6. The molecular weight excluding hydrogens is 416 g/mol. The molecule has 5 nitrogen and oxygen atoms in total. The van der Waals surface area contributed by atoms with Crippen LogP contribution in [0.5, 0.6) is 0 Å². The number of carbonyl (C=O) groups is 1. The van der Waals surface area contributed by atoms with Gasteiger partial charge >= 0.3 is 0 Å². The smallest absolute Gasteiger partial charge is 0.164 e. The summed E-state index contributed by atoms with van der Waals surface area (Å²) in [6, 6.07) is 14.5. The van der Waals surface area contributed by atoms with Crippen molar-refractivity contribution in [1.29, 1.82) is 0 Å². The second kappa shape index (κ2) is 7.54. The van der Waals surface area contributed by atoms with Crippen molar-refractivity contribution < 1.29 is 13.2 Å². The number of thioether (sulfide) groups is 1. The van der Waals surface area contributed by atoms with E-state index in [1.165, 1.54) is 6.92 Å². The topological polar surface area (TPSA) is 66.8 Å². The molecule has 2 heterocycles. The fraction of sp³-hybridized carbons (Fsp3) is 0.300. The second-order valence-electron chi connectivity index (χ2n) is 7.01. The van der Waals surface area contributed by atoms with Gasteiger partial charge in [-0.3, -0.25) is 9.79 Å². The molecule has 4 rings (SSSR count). The molecule has 2 aromatic carbocycles. The van der Waals surface area contributed by atoms with E-state index in [1.54, 1.807) is 17.8 Å². The number of carbonyl (C=O) groups excluding carboxylic acids is 1. The molecule has 28 heavy (non-hydrogen) atoms. The Kier molecular flexibility index (Phi) is 5.24. The summed E-state index contributed by atoms with van der Waals surface area (Å²) in [6.07, 6.45) is 0. The first-order valence-corrected chi connectivity index (χ1v) is 12.1. The van der Waals surface area contributed by atoms with E-state index in [9.17, 15) is 13.2 Å². The first-order chi connectivity index (χ1) is 13.3. The standard InChI is InChI=1S/C20H19ClN2O3S2/c1-13(24)15-3-2-4-17(9-15)23-19-12-28(25,26)11-18(19)22-20(23)27-10-14-5-7-16(21)8-6-14/h2-9,18-19H,10-12H2,1H3/t18-,19+/m0/s1. The van der Waals surface area contributed by atoms with Crippen LogP contribution >= 0.6 is 23.4 Å². The molecule has 0 spiro atoms. The van der Waals surface area contributed by atoms with Gasteiger partial charge in [-0.15, -0.1) is 0 Å². The summed E-state index contributed by atoms with van der Waals surface area (Å²) in [5, 5.41) is 1.48. The van der Waals surface area contributed by atoms with Crippen LogP contribution in [0.1, 0.15) is 22.8 Å². The third-order valence-electron chi connectivity index (χ3n) is 4.92. The van der Waals surface area contributed by atoms with Crippen molar-refractivity contribution in [2.45, 2.75) is 24.8 Å². The Balaban J connectivity index is 1.64. The van der Waals surface area contributed by atoms with Crippen molar-refractivity contribution in [3.05, 3.63) is 64.7 Å². The lowest BCUT2D eigenvalue weighted by Crippen LogP contribution is -2.39. The van der Waals surface area contributed by atoms with Gasteiger partial charge in [0.05, 0.1) is 23.6 Å². The summed E-state index contributed by atoms with van der Waals surface area (Å²) < 4.78 is 24.3. The van der Waals surface area contributed by atoms with Crippen molar-refractivity contribution in [3.63, 3.8) is 0 Å². The van der Waals surface area contributed by atoms with Gasteiger partial charge in [0.2, 0.25) is 0 Å². The van der Waals surface area contributed by atoms with Gasteiger partial charge in [0.1, 0.15) is 0 Å². The fourth-order valence-corrected chi connectivity index (χ4v) is 6.59. The van der Waals surface area contributed by atoms with E-state index in [-0.39, 0.29) is 29.4 Å². The number of aliphatic imine (C=N–C) groups is 1. The molecule has 2 aliphatic rings. The number of ketones is 1. The number of fused-ring (bicyclic) bond motifs is 1. The van der Waals surface area contributed by atoms with Gasteiger partial charge in [-0.1, -0.05) is 47.6 Å². The van der Waals surface area contributed by atoms with Crippen molar-refractivity contribution in [2.75, 3.05) is 16.4 Å². The maximum absolute atomic E-state index is 12.1. The molecule has 0 unspecified atom stereocenters. The van der Waals surface area contributed by atoms with Crippen LogP contribution in [-0.2, 0) is 15.6 Å². The molecule has 2 aliphatic heterocycles. The number of nitrogens with zero attached hydrogens (tertiary/aromatic N) is 2. The van der Waals surface area contributed by atoms with Crippen LogP contribution in [0.4, 0.5) is 5.69 Å². The van der Waals surface area contributed by atoms with Crippen LogP contribution < -0.4 is 4.90 Å². The molecule has 0 aliphatic carbocycles. The lowest BCUT2D eigenvalue weighted by atomic mass is 10.1. The molecule has 1 saturated heterocycles. The molecule has 0 saturated carbocycles. The molecule has 2 atom stereocenters. The van der Waals surface area contributed by atoms with Gasteiger partial charge in [-0.05, 0) is 36.8 Å². The molecule has 0 N–H and O–H groups in total. The van der Waals surface area contributed by atoms with E-state index in [4.69, 9.17) is 16.6 Å². The Hall–Kier alpha value is -1.83. The Bertz CT molecular complexity index is 1050. The zero-order chi connectivity index (χ0) is 19.9. The van der Waals surface area contributed by atoms with E-state index in [2.05, 4.69) is 0 Å². The minimum absolute atomic E-state index is 0.0241. The summed E-state index contributed by atoms with van der Waals surface area (Å²) in [6.45, 7) is 1.52. The number of anilines is 1. The lowest BCUT2D eigenvalue weighted by molar-refractivity contribution is 0.101. The molecular formula is C20H19ClN2O3S2. The zero-order valence-corrected chi connectivity index (χ0v) is 17.6. The zero-order valence-electron chi connectivity index (χ0n) is 15.2. The van der Waals surface area contributed by atoms with Crippen molar-refractivity contribution in [2.24, 2.45) is 4.99 Å². The molecule has 0 amide bonds. The molecule has 0 radical (unpaired) electrons. The Morgan fingerprint density at radius 3 is 2.68 bits per heavy atom. The summed E-state index contributed by atoms with van der Waals surface area (Å²) in [5.41, 5.74) is 2.52. The van der Waals surface area contributed by atoms with Gasteiger partial charge in [0.15, 0.2) is 20.8 Å². The quantitative estimate of drug-likeness (QED) is 0.684. The predicted octanol–water partition coefficient (Wildman–Crippen LogP) is 3.82. The average molecular weight is 435 g/mol. The second-order valence-corrected chi connectivity index (χ2v) is 10.5. The van der Waals surface area contributed by atoms with Crippen LogP contribution in [-0.4, -0.2) is 43.0 Å². The Labute approximate surface area is 173 Å². The van der Waals surface area contributed by atoms with Crippen LogP contribution in [0.15, 0.2) is 53.5 Å². The van der Waals surface area contributed by atoms with Gasteiger partial charge in [0.25, 0.3) is 0 Å². The molecule has 146 valence electrons. The largest absolute Gasteiger partial charge is 0.315 e. The first kappa shape index (κ1) is 19.5. The first-order valence-electron chi connectivity index (χ1n) is 8.88. The average Bonchev–Trinajstić information content (AvgIpc) is 3.12. The van der Waals surface area contributed by atoms with Gasteiger partial charge in [-0.2, -0.15) is 0 Å². The van der Waals surface area contributed by atoms with E-state index in [0.717, 1.165) is 16.4 Å². The van der Waals surface area contributed by atoms with Crippen molar-refractivity contribution in [3.8, 4) is 0 Å². The van der Waals surface area contributed by atoms with E-state index < -0.39 is 9.84 Å². The molecule has 0 bridgehead atoms. The SMILES string of the molecule is CC(=O)c1cccc(N2C(SCc3ccc(Cl)cc3)=N[C@H]3CS(=O)(=O)C[C@H]32)c1. The van der Waals surface area contributed by atoms with Crippen LogP contribution in [0.3, 0.4) is 0 Å². The van der Waals surface area contributed by atoms with Crippen molar-refractivity contribution >= 4 is 49.8 Å². The van der Waals surface area contributed by atoms with E-state index >= 15 is 0 Å². The third-order valence-corrected chi connectivity index (χ3v) is 7.91. The number of sulfone groups is 1. The molecule has 1 fully saturated rings. The number of Topliss-reactive ketones (excluding diaryl/α,β-unsaturated/α-hetero) is 1. The minimum atomic E-state index is -3.11. The van der Waals surface area contributed by atoms with E-state index in [1.807, 2.05) is 47.4 Å². The van der Waals surface area contributed by atoms with Gasteiger partial charge in [-0.25, -0.2) is 8.42 Å². The lowest BCUT2D eigenvalue weighted by Gasteiger charge is -2.26. The van der Waals surface area contributed by atoms with Gasteiger partial charge < -0.3 is 4.90 Å². The number of halogens is 1. The number of amidine groups is 1. The number of benzene rings is 2. The monoisotopic (exact) mass is 434 g/mol. The summed E-state index contributed by atoms with van der Waals surface area (Å²) >= 11 is 7.52. The maximum atomic E-state index is 12.1. The fourth-order valence-electron chi connectivity index (χ4n) is 3.54. The minimum Gasteiger partial charge on any atom is -0.315 e. The van der Waals surface area contributed by atoms with Crippen LogP contribution in [0, 0.1) is 0 Å². The Morgan fingerprint density at radius 1 is 1.21 bits per heavy atom. The van der Waals surface area contributed by atoms with Gasteiger partial charge in [0, 0.05) is 22.0 Å². The van der Waals surface area contributed by atoms with E-state index in [0.29, 0.717) is 16.3 Å². The molecule has 0 aromatic heterocycles. The number of rotatable bonds is 4. The Morgan fingerprint density at radius 2 is 1.96 bits per heavy atom. The highest BCUT2D eigenvalue weighted by Crippen LogP contribution is 2.36. The summed E-state index contributed by atoms with van der Waals surface area (Å²) in [4.78, 5) is 18.5. The van der Waals surface area contributed by atoms with Crippen LogP contribution in [0.25, 0.3) is 0 Å². The van der Waals surface area contributed by atoms with Crippen molar-refractivity contribution in [1.82, 2.24) is 0 Å². The highest BCUT2D eigenvalue weighted by molar-refractivity contribution is 8.13. The highest BCUT2D eigenvalue weighted by atomic mass is 35.5. The maximum Gasteiger partial charge on any atom is 0.164 e. The molecule has 2 aromatic rings. The summed E-state index contributed by atoms with van der Waals surface area (Å²) in [5.74, 6) is 0.830. The van der Waals surface area contributed by atoms with Crippen LogP contribution in [0.2, 0.25) is 5.02 Å². The summed E-state index contributed by atoms with van der Waals surface area (Å²) in [7, 11) is -3.11. The highest BCUT2D eigenvalue weighted by Gasteiger charge is 2.47. The third kappa shape index (κ3) is 3.97. The normalized spacial score (nSPS) is 22.8. The predicted molar refractivity (Wildman–Crippen MR) is 115 cm³/mol. The molecule has 8 heteroatoms. The number of hydrogen-bond donors (Lipinski definition) is 0.